The van der Waals surface area contributed by atoms with Gasteiger partial charge in [0.15, 0.2) is 5.82 Å². The Bertz CT molecular complexity index is 284. The van der Waals surface area contributed by atoms with Crippen molar-refractivity contribution in [1.82, 2.24) is 0 Å². The van der Waals surface area contributed by atoms with Crippen molar-refractivity contribution in [2.45, 2.75) is 0 Å². The molecule has 1 aromatic carbocycles. The van der Waals surface area contributed by atoms with Crippen LogP contribution in [-0.2, 0) is 0 Å². The fourth-order valence-corrected chi connectivity index (χ4v) is 0.670. The van der Waals surface area contributed by atoms with Crippen LogP contribution in [0.25, 0.3) is 0 Å². The van der Waals surface area contributed by atoms with Crippen LogP contribution < -0.4 is 0 Å². The van der Waals surface area contributed by atoms with E-state index in [1.165, 1.54) is 13.1 Å². The zero-order chi connectivity index (χ0) is 8.27. The van der Waals surface area contributed by atoms with Crippen molar-refractivity contribution in [2.75, 3.05) is 7.05 Å². The molecule has 0 N–H and O–H groups in total. The minimum absolute atomic E-state index is 0.0499. The van der Waals surface area contributed by atoms with Crippen LogP contribution in [-0.4, -0.2) is 7.05 Å². The molecule has 0 saturated heterocycles. The number of hydrogen-bond donors (Lipinski definition) is 0. The second kappa shape index (κ2) is 3.18. The first-order valence-corrected chi connectivity index (χ1v) is 2.99. The standard InChI is InChI=1S/C7H6F2N2/c1-10-11-7-3-2-5(8)4-6(7)9/h2-4H,1H3. The molecule has 2 nitrogen and oxygen atoms in total. The second-order valence-electron chi connectivity index (χ2n) is 1.90. The van der Waals surface area contributed by atoms with Gasteiger partial charge in [0, 0.05) is 13.1 Å². The molecule has 0 fully saturated rings. The van der Waals surface area contributed by atoms with E-state index >= 15 is 0 Å². The fraction of sp³-hybridized carbons (Fsp3) is 0.143. The van der Waals surface area contributed by atoms with Crippen molar-refractivity contribution >= 4 is 5.69 Å². The Kier molecular flexibility index (Phi) is 2.25. The van der Waals surface area contributed by atoms with E-state index < -0.39 is 11.6 Å². The molecule has 4 heteroatoms. The first-order valence-electron chi connectivity index (χ1n) is 2.99. The van der Waals surface area contributed by atoms with E-state index in [4.69, 9.17) is 0 Å². The largest absolute Gasteiger partial charge is 0.207 e. The van der Waals surface area contributed by atoms with Crippen molar-refractivity contribution < 1.29 is 8.78 Å². The van der Waals surface area contributed by atoms with Crippen LogP contribution in [0.4, 0.5) is 14.5 Å². The van der Waals surface area contributed by atoms with Gasteiger partial charge in [-0.1, -0.05) is 0 Å². The lowest BCUT2D eigenvalue weighted by atomic mass is 10.3. The molecule has 0 amide bonds. The molecule has 0 aliphatic rings. The maximum absolute atomic E-state index is 12.6. The highest BCUT2D eigenvalue weighted by Gasteiger charge is 2.00. The monoisotopic (exact) mass is 156 g/mol. The summed E-state index contributed by atoms with van der Waals surface area (Å²) >= 11 is 0. The van der Waals surface area contributed by atoms with Gasteiger partial charge in [-0.2, -0.15) is 10.2 Å². The Labute approximate surface area is 62.6 Å². The number of rotatable bonds is 1. The van der Waals surface area contributed by atoms with Crippen LogP contribution >= 0.6 is 0 Å². The maximum atomic E-state index is 12.6. The molecule has 0 radical (unpaired) electrons. The van der Waals surface area contributed by atoms with Crippen molar-refractivity contribution in [3.05, 3.63) is 29.8 Å². The summed E-state index contributed by atoms with van der Waals surface area (Å²) in [5.74, 6) is -1.31. The molecule has 0 spiro atoms. The van der Waals surface area contributed by atoms with Gasteiger partial charge in [-0.15, -0.1) is 0 Å². The SMILES string of the molecule is CN=Nc1ccc(F)cc1F. The average Bonchev–Trinajstić information content (AvgIpc) is 1.95. The van der Waals surface area contributed by atoms with E-state index in [1.807, 2.05) is 0 Å². The first-order chi connectivity index (χ1) is 5.24. The van der Waals surface area contributed by atoms with Crippen LogP contribution in [0, 0.1) is 11.6 Å². The van der Waals surface area contributed by atoms with Gasteiger partial charge in [0.25, 0.3) is 0 Å². The Morgan fingerprint density at radius 3 is 2.55 bits per heavy atom. The van der Waals surface area contributed by atoms with Crippen molar-refractivity contribution in [2.24, 2.45) is 10.2 Å². The predicted octanol–water partition coefficient (Wildman–Crippen LogP) is 2.68. The molecule has 58 valence electrons. The highest BCUT2D eigenvalue weighted by Crippen LogP contribution is 2.17. The van der Waals surface area contributed by atoms with Gasteiger partial charge >= 0.3 is 0 Å². The molecule has 0 saturated carbocycles. The Hall–Kier alpha value is -1.32. The van der Waals surface area contributed by atoms with Gasteiger partial charge in [0.2, 0.25) is 0 Å². The van der Waals surface area contributed by atoms with E-state index in [0.717, 1.165) is 12.1 Å². The lowest BCUT2D eigenvalue weighted by molar-refractivity contribution is 0.584. The third kappa shape index (κ3) is 1.80. The van der Waals surface area contributed by atoms with Crippen molar-refractivity contribution in [3.63, 3.8) is 0 Å². The number of azo groups is 1. The summed E-state index contributed by atoms with van der Waals surface area (Å²) in [4.78, 5) is 0. The molecule has 0 atom stereocenters. The third-order valence-electron chi connectivity index (χ3n) is 1.12. The summed E-state index contributed by atoms with van der Waals surface area (Å²) in [6, 6.07) is 3.13. The molecule has 11 heavy (non-hydrogen) atoms. The molecule has 1 aromatic rings. The third-order valence-corrected chi connectivity index (χ3v) is 1.12. The number of benzene rings is 1. The van der Waals surface area contributed by atoms with Crippen molar-refractivity contribution in [1.29, 1.82) is 0 Å². The Morgan fingerprint density at radius 2 is 2.00 bits per heavy atom. The summed E-state index contributed by atoms with van der Waals surface area (Å²) in [5, 5.41) is 6.79. The maximum Gasteiger partial charge on any atom is 0.153 e. The molecule has 0 aromatic heterocycles. The first kappa shape index (κ1) is 7.78. The van der Waals surface area contributed by atoms with Gasteiger partial charge < -0.3 is 0 Å². The van der Waals surface area contributed by atoms with Gasteiger partial charge in [-0.25, -0.2) is 8.78 Å². The molecule has 0 aliphatic carbocycles. The van der Waals surface area contributed by atoms with Crippen LogP contribution in [0.15, 0.2) is 28.4 Å². The second-order valence-corrected chi connectivity index (χ2v) is 1.90. The highest BCUT2D eigenvalue weighted by atomic mass is 19.1. The Morgan fingerprint density at radius 1 is 1.27 bits per heavy atom. The number of nitrogens with zero attached hydrogens (tertiary/aromatic N) is 2. The lowest BCUT2D eigenvalue weighted by Crippen LogP contribution is -1.77. The molecule has 0 unspecified atom stereocenters. The van der Waals surface area contributed by atoms with Crippen molar-refractivity contribution in [3.8, 4) is 0 Å². The van der Waals surface area contributed by atoms with E-state index in [0.29, 0.717) is 0 Å². The fourth-order valence-electron chi connectivity index (χ4n) is 0.670. The zero-order valence-electron chi connectivity index (χ0n) is 5.88. The smallest absolute Gasteiger partial charge is 0.153 e. The predicted molar refractivity (Wildman–Crippen MR) is 36.8 cm³/mol. The minimum atomic E-state index is -0.699. The van der Waals surface area contributed by atoms with Gasteiger partial charge in [0.1, 0.15) is 11.5 Å². The van der Waals surface area contributed by atoms with E-state index in [1.54, 1.807) is 0 Å². The molecular weight excluding hydrogens is 150 g/mol. The summed E-state index contributed by atoms with van der Waals surface area (Å²) in [5.41, 5.74) is 0.0499. The normalized spacial score (nSPS) is 10.8. The van der Waals surface area contributed by atoms with E-state index in [9.17, 15) is 8.78 Å². The lowest BCUT2D eigenvalue weighted by Gasteiger charge is -1.93. The molecule has 0 bridgehead atoms. The summed E-state index contributed by atoms with van der Waals surface area (Å²) in [6.07, 6.45) is 0. The average molecular weight is 156 g/mol. The summed E-state index contributed by atoms with van der Waals surface area (Å²) < 4.78 is 24.9. The van der Waals surface area contributed by atoms with Crippen LogP contribution in [0.3, 0.4) is 0 Å². The van der Waals surface area contributed by atoms with Gasteiger partial charge in [-0.3, -0.25) is 0 Å². The zero-order valence-corrected chi connectivity index (χ0v) is 5.88. The quantitative estimate of drug-likeness (QED) is 0.558. The van der Waals surface area contributed by atoms with Crippen LogP contribution in [0.5, 0.6) is 0 Å². The number of hydrogen-bond acceptors (Lipinski definition) is 2. The summed E-state index contributed by atoms with van der Waals surface area (Å²) in [7, 11) is 1.42. The molecular formula is C7H6F2N2. The molecule has 1 rings (SSSR count). The molecule has 0 heterocycles. The molecule has 0 aliphatic heterocycles. The highest BCUT2D eigenvalue weighted by molar-refractivity contribution is 5.37. The van der Waals surface area contributed by atoms with E-state index in [2.05, 4.69) is 10.2 Å². The van der Waals surface area contributed by atoms with Gasteiger partial charge in [0.05, 0.1) is 0 Å². The minimum Gasteiger partial charge on any atom is -0.207 e. The number of halogens is 2. The summed E-state index contributed by atoms with van der Waals surface area (Å²) in [6.45, 7) is 0. The Balaban J connectivity index is 3.09. The van der Waals surface area contributed by atoms with Crippen LogP contribution in [0.1, 0.15) is 0 Å². The van der Waals surface area contributed by atoms with Gasteiger partial charge in [-0.05, 0) is 12.1 Å². The van der Waals surface area contributed by atoms with E-state index in [-0.39, 0.29) is 5.69 Å². The van der Waals surface area contributed by atoms with Crippen LogP contribution in [0.2, 0.25) is 0 Å². The topological polar surface area (TPSA) is 24.7 Å².